The van der Waals surface area contributed by atoms with E-state index < -0.39 is 0 Å². The normalized spacial score (nSPS) is 20.8. The Hall–Kier alpha value is -1.68. The molecule has 0 spiro atoms. The van der Waals surface area contributed by atoms with E-state index in [2.05, 4.69) is 29.3 Å². The van der Waals surface area contributed by atoms with Gasteiger partial charge in [0.05, 0.1) is 11.4 Å². The van der Waals surface area contributed by atoms with Gasteiger partial charge in [0.25, 0.3) is 0 Å². The smallest absolute Gasteiger partial charge is 0.161 e. The number of carbonyl (C=O) groups excluding carboxylic acids is 1. The van der Waals surface area contributed by atoms with E-state index in [-0.39, 0.29) is 5.78 Å². The third kappa shape index (κ3) is 2.88. The molecule has 2 heterocycles. The van der Waals surface area contributed by atoms with Crippen molar-refractivity contribution in [2.75, 3.05) is 23.3 Å². The number of nitrogens with one attached hydrogen (secondary N) is 1. The molecule has 24 heavy (non-hydrogen) atoms. The maximum Gasteiger partial charge on any atom is 0.161 e. The highest BCUT2D eigenvalue weighted by molar-refractivity contribution is 8.03. The van der Waals surface area contributed by atoms with Crippen molar-refractivity contribution >= 4 is 28.9 Å². The molecule has 1 saturated heterocycles. The second-order valence-corrected chi connectivity index (χ2v) is 8.17. The predicted molar refractivity (Wildman–Crippen MR) is 102 cm³/mol. The third-order valence-electron chi connectivity index (χ3n) is 5.12. The van der Waals surface area contributed by atoms with Crippen LogP contribution in [0.15, 0.2) is 39.3 Å². The first-order chi connectivity index (χ1) is 11.6. The average molecular weight is 340 g/mol. The Labute approximate surface area is 148 Å². The lowest BCUT2D eigenvalue weighted by atomic mass is 10.0. The molecule has 4 rings (SSSR count). The third-order valence-corrected chi connectivity index (χ3v) is 6.26. The SMILES string of the molecule is CC1=CC(=O)CC2=C1Nc1c(C)cc(N3CCCCCC3)cc1S2. The van der Waals surface area contributed by atoms with Gasteiger partial charge in [0, 0.05) is 35.0 Å². The number of allylic oxidation sites excluding steroid dienone is 3. The fraction of sp³-hybridized carbons (Fsp3) is 0.450. The summed E-state index contributed by atoms with van der Waals surface area (Å²) in [7, 11) is 0. The molecule has 0 amide bonds. The summed E-state index contributed by atoms with van der Waals surface area (Å²) in [4.78, 5) is 16.9. The number of carbonyl (C=O) groups is 1. The molecule has 2 aliphatic heterocycles. The Balaban J connectivity index is 1.68. The van der Waals surface area contributed by atoms with Crippen LogP contribution in [0.25, 0.3) is 0 Å². The lowest BCUT2D eigenvalue weighted by molar-refractivity contribution is -0.114. The van der Waals surface area contributed by atoms with E-state index in [9.17, 15) is 4.79 Å². The van der Waals surface area contributed by atoms with Gasteiger partial charge in [-0.15, -0.1) is 0 Å². The summed E-state index contributed by atoms with van der Waals surface area (Å²) in [5.74, 6) is 0.212. The lowest BCUT2D eigenvalue weighted by Gasteiger charge is -2.30. The minimum atomic E-state index is 0.212. The number of benzene rings is 1. The minimum Gasteiger partial charge on any atom is -0.371 e. The molecule has 126 valence electrons. The molecule has 0 radical (unpaired) electrons. The quantitative estimate of drug-likeness (QED) is 0.778. The van der Waals surface area contributed by atoms with Crippen LogP contribution in [0.4, 0.5) is 11.4 Å². The molecule has 3 nitrogen and oxygen atoms in total. The average Bonchev–Trinajstić information content (AvgIpc) is 2.82. The molecular formula is C20H24N2OS. The maximum absolute atomic E-state index is 11.9. The van der Waals surface area contributed by atoms with Gasteiger partial charge in [-0.3, -0.25) is 4.79 Å². The summed E-state index contributed by atoms with van der Waals surface area (Å²) < 4.78 is 0. The Kier molecular flexibility index (Phi) is 4.17. The molecule has 1 N–H and O–H groups in total. The number of ketones is 1. The van der Waals surface area contributed by atoms with E-state index in [1.54, 1.807) is 17.8 Å². The molecule has 0 unspecified atom stereocenters. The number of hydrogen-bond donors (Lipinski definition) is 1. The Morgan fingerprint density at radius 3 is 2.58 bits per heavy atom. The van der Waals surface area contributed by atoms with Gasteiger partial charge in [-0.1, -0.05) is 24.6 Å². The van der Waals surface area contributed by atoms with Crippen LogP contribution in [-0.2, 0) is 4.79 Å². The van der Waals surface area contributed by atoms with Gasteiger partial charge in [0.15, 0.2) is 5.78 Å². The molecule has 1 fully saturated rings. The van der Waals surface area contributed by atoms with Crippen LogP contribution < -0.4 is 10.2 Å². The highest BCUT2D eigenvalue weighted by Crippen LogP contribution is 2.47. The number of aryl methyl sites for hydroxylation is 1. The van der Waals surface area contributed by atoms with Crippen LogP contribution in [0.3, 0.4) is 0 Å². The van der Waals surface area contributed by atoms with Crippen LogP contribution in [-0.4, -0.2) is 18.9 Å². The van der Waals surface area contributed by atoms with E-state index in [0.717, 1.165) is 24.4 Å². The summed E-state index contributed by atoms with van der Waals surface area (Å²) in [6.07, 6.45) is 7.56. The van der Waals surface area contributed by atoms with Crippen molar-refractivity contribution in [3.05, 3.63) is 39.9 Å². The summed E-state index contributed by atoms with van der Waals surface area (Å²) >= 11 is 1.77. The highest BCUT2D eigenvalue weighted by atomic mass is 32.2. The van der Waals surface area contributed by atoms with Crippen molar-refractivity contribution in [2.24, 2.45) is 0 Å². The van der Waals surface area contributed by atoms with E-state index in [0.29, 0.717) is 6.42 Å². The van der Waals surface area contributed by atoms with E-state index in [1.165, 1.54) is 52.4 Å². The number of anilines is 2. The van der Waals surface area contributed by atoms with Crippen LogP contribution >= 0.6 is 11.8 Å². The molecule has 0 aromatic heterocycles. The molecule has 0 bridgehead atoms. The number of hydrogen-bond acceptors (Lipinski definition) is 4. The zero-order valence-electron chi connectivity index (χ0n) is 14.4. The zero-order chi connectivity index (χ0) is 16.7. The first-order valence-corrected chi connectivity index (χ1v) is 9.72. The standard InChI is InChI=1S/C20H24N2OS/c1-13-9-15(22-7-5-3-4-6-8-22)11-17-19(13)21-20-14(2)10-16(23)12-18(20)24-17/h9-11,21H,3-8,12H2,1-2H3. The van der Waals surface area contributed by atoms with Crippen molar-refractivity contribution in [1.29, 1.82) is 0 Å². The molecule has 1 aromatic rings. The van der Waals surface area contributed by atoms with Gasteiger partial charge in [-0.25, -0.2) is 0 Å². The molecule has 3 aliphatic rings. The zero-order valence-corrected chi connectivity index (χ0v) is 15.3. The Bertz CT molecular complexity index is 755. The first kappa shape index (κ1) is 15.8. The number of fused-ring (bicyclic) bond motifs is 1. The van der Waals surface area contributed by atoms with Crippen molar-refractivity contribution in [3.63, 3.8) is 0 Å². The van der Waals surface area contributed by atoms with E-state index in [1.807, 2.05) is 6.92 Å². The van der Waals surface area contributed by atoms with E-state index >= 15 is 0 Å². The highest BCUT2D eigenvalue weighted by Gasteiger charge is 2.26. The number of nitrogens with zero attached hydrogens (tertiary/aromatic N) is 1. The molecule has 1 aromatic carbocycles. The minimum absolute atomic E-state index is 0.212. The van der Waals surface area contributed by atoms with Crippen molar-refractivity contribution in [3.8, 4) is 0 Å². The summed E-state index contributed by atoms with van der Waals surface area (Å²) in [6, 6.07) is 4.63. The van der Waals surface area contributed by atoms with Crippen LogP contribution in [0.1, 0.15) is 44.6 Å². The monoisotopic (exact) mass is 340 g/mol. The molecule has 4 heteroatoms. The van der Waals surface area contributed by atoms with Gasteiger partial charge in [-0.05, 0) is 56.0 Å². The Morgan fingerprint density at radius 1 is 1.08 bits per heavy atom. The topological polar surface area (TPSA) is 32.3 Å². The van der Waals surface area contributed by atoms with Gasteiger partial charge in [-0.2, -0.15) is 0 Å². The number of thioether (sulfide) groups is 1. The predicted octanol–water partition coefficient (Wildman–Crippen LogP) is 5.02. The van der Waals surface area contributed by atoms with Crippen LogP contribution in [0.5, 0.6) is 0 Å². The van der Waals surface area contributed by atoms with Crippen LogP contribution in [0.2, 0.25) is 0 Å². The maximum atomic E-state index is 11.9. The van der Waals surface area contributed by atoms with Crippen LogP contribution in [0, 0.1) is 6.92 Å². The van der Waals surface area contributed by atoms with Crippen molar-refractivity contribution in [2.45, 2.75) is 50.8 Å². The largest absolute Gasteiger partial charge is 0.371 e. The molecule has 1 aliphatic carbocycles. The second kappa shape index (κ2) is 6.32. The van der Waals surface area contributed by atoms with Crippen molar-refractivity contribution in [1.82, 2.24) is 0 Å². The fourth-order valence-corrected chi connectivity index (χ4v) is 5.12. The van der Waals surface area contributed by atoms with Gasteiger partial charge >= 0.3 is 0 Å². The molecule has 0 atom stereocenters. The van der Waals surface area contributed by atoms with Gasteiger partial charge in [0.1, 0.15) is 0 Å². The first-order valence-electron chi connectivity index (χ1n) is 8.91. The lowest BCUT2D eigenvalue weighted by Crippen LogP contribution is -2.24. The fourth-order valence-electron chi connectivity index (χ4n) is 3.83. The summed E-state index contributed by atoms with van der Waals surface area (Å²) in [6.45, 7) is 6.52. The van der Waals surface area contributed by atoms with Gasteiger partial charge in [0.2, 0.25) is 0 Å². The number of rotatable bonds is 1. The Morgan fingerprint density at radius 2 is 1.83 bits per heavy atom. The molecular weight excluding hydrogens is 316 g/mol. The molecule has 0 saturated carbocycles. The second-order valence-electron chi connectivity index (χ2n) is 7.03. The van der Waals surface area contributed by atoms with E-state index in [4.69, 9.17) is 0 Å². The summed E-state index contributed by atoms with van der Waals surface area (Å²) in [5.41, 5.74) is 6.02. The van der Waals surface area contributed by atoms with Crippen molar-refractivity contribution < 1.29 is 4.79 Å². The summed E-state index contributed by atoms with van der Waals surface area (Å²) in [5, 5.41) is 3.60. The van der Waals surface area contributed by atoms with Gasteiger partial charge < -0.3 is 10.2 Å².